The number of ether oxygens (including phenoxy) is 2. The second-order valence-corrected chi connectivity index (χ2v) is 13.7. The van der Waals surface area contributed by atoms with Crippen LogP contribution < -0.4 is 20.3 Å². The Morgan fingerprint density at radius 2 is 1.78 bits per heavy atom. The standard InChI is InChI=1S/C33H31F2N7O7S/c1-40(2)50(46,47)25-8-10-29(37-17-25)39-30-16-24(11-13-36-30)49-28-9-5-21(15-27(28)35)38-31(43)26-18-41(23-12-14-48-19-23)33(45)42(32(26)44)22-6-3-20(34)4-7-22/h3-11,13,15-17,23,26H,12,14,18-19H2,1-2H3,(H,38,43)(H,36,37,39)/t23-,26?/m0/s1. The van der Waals surface area contributed by atoms with Gasteiger partial charge in [-0.3, -0.25) is 9.59 Å². The molecule has 2 N–H and O–H groups in total. The Hall–Kier alpha value is -5.52. The number of carbonyl (C=O) groups excluding carboxylic acids is 3. The summed E-state index contributed by atoms with van der Waals surface area (Å²) in [5.74, 6) is -3.68. The van der Waals surface area contributed by atoms with Crippen LogP contribution in [0.2, 0.25) is 0 Å². The lowest BCUT2D eigenvalue weighted by Gasteiger charge is -2.40. The minimum atomic E-state index is -3.65. The molecule has 2 aromatic carbocycles. The third-order valence-electron chi connectivity index (χ3n) is 8.01. The van der Waals surface area contributed by atoms with Crippen LogP contribution in [-0.4, -0.2) is 85.3 Å². The topological polar surface area (TPSA) is 163 Å². The second kappa shape index (κ2) is 14.1. The molecule has 50 heavy (non-hydrogen) atoms. The largest absolute Gasteiger partial charge is 0.454 e. The van der Waals surface area contributed by atoms with E-state index in [0.29, 0.717) is 18.8 Å². The molecular formula is C33H31F2N7O7S. The van der Waals surface area contributed by atoms with E-state index in [2.05, 4.69) is 20.6 Å². The smallest absolute Gasteiger partial charge is 0.331 e. The molecule has 2 aliphatic rings. The van der Waals surface area contributed by atoms with E-state index in [1.165, 1.54) is 79.9 Å². The van der Waals surface area contributed by atoms with Gasteiger partial charge in [0.05, 0.1) is 18.3 Å². The number of urea groups is 1. The molecule has 2 aromatic heterocycles. The summed E-state index contributed by atoms with van der Waals surface area (Å²) in [7, 11) is -0.818. The van der Waals surface area contributed by atoms with Crippen molar-refractivity contribution in [3.8, 4) is 11.5 Å². The van der Waals surface area contributed by atoms with Gasteiger partial charge in [0.1, 0.15) is 34.0 Å². The minimum Gasteiger partial charge on any atom is -0.454 e. The van der Waals surface area contributed by atoms with Crippen LogP contribution >= 0.6 is 0 Å². The highest BCUT2D eigenvalue weighted by molar-refractivity contribution is 7.89. The van der Waals surface area contributed by atoms with Crippen LogP contribution in [-0.2, 0) is 24.3 Å². The zero-order chi connectivity index (χ0) is 35.6. The lowest BCUT2D eigenvalue weighted by Crippen LogP contribution is -2.62. The number of hydrogen-bond acceptors (Lipinski definition) is 10. The number of anilines is 4. The lowest BCUT2D eigenvalue weighted by molar-refractivity contribution is -0.132. The van der Waals surface area contributed by atoms with Gasteiger partial charge in [-0.2, -0.15) is 0 Å². The van der Waals surface area contributed by atoms with Crippen molar-refractivity contribution in [1.82, 2.24) is 19.2 Å². The van der Waals surface area contributed by atoms with E-state index >= 15 is 4.39 Å². The van der Waals surface area contributed by atoms with Gasteiger partial charge in [-0.05, 0) is 61.0 Å². The van der Waals surface area contributed by atoms with Crippen molar-refractivity contribution in [2.75, 3.05) is 49.4 Å². The summed E-state index contributed by atoms with van der Waals surface area (Å²) in [4.78, 5) is 50.9. The normalized spacial score (nSPS) is 18.0. The number of aromatic nitrogens is 2. The highest BCUT2D eigenvalue weighted by atomic mass is 32.2. The number of halogens is 2. The van der Waals surface area contributed by atoms with Gasteiger partial charge in [0.15, 0.2) is 11.6 Å². The molecule has 2 fully saturated rings. The van der Waals surface area contributed by atoms with Crippen LogP contribution in [0.25, 0.3) is 0 Å². The average molecular weight is 708 g/mol. The van der Waals surface area contributed by atoms with Crippen LogP contribution in [0.4, 0.5) is 36.6 Å². The van der Waals surface area contributed by atoms with Crippen LogP contribution in [0.15, 0.2) is 84.0 Å². The van der Waals surface area contributed by atoms with Gasteiger partial charge >= 0.3 is 6.03 Å². The zero-order valence-electron chi connectivity index (χ0n) is 26.7. The van der Waals surface area contributed by atoms with E-state index in [0.717, 1.165) is 27.4 Å². The van der Waals surface area contributed by atoms with Gasteiger partial charge in [0.2, 0.25) is 21.8 Å². The Balaban J connectivity index is 1.14. The Morgan fingerprint density at radius 3 is 2.44 bits per heavy atom. The first-order valence-electron chi connectivity index (χ1n) is 15.3. The van der Waals surface area contributed by atoms with E-state index in [1.54, 1.807) is 0 Å². The van der Waals surface area contributed by atoms with E-state index in [-0.39, 0.29) is 52.8 Å². The van der Waals surface area contributed by atoms with Gasteiger partial charge in [-0.25, -0.2) is 41.2 Å². The van der Waals surface area contributed by atoms with Crippen molar-refractivity contribution in [1.29, 1.82) is 0 Å². The van der Waals surface area contributed by atoms with Crippen LogP contribution in [0.1, 0.15) is 6.42 Å². The number of amides is 4. The first-order chi connectivity index (χ1) is 23.9. The van der Waals surface area contributed by atoms with Crippen molar-refractivity contribution in [3.63, 3.8) is 0 Å². The first kappa shape index (κ1) is 34.3. The Morgan fingerprint density at radius 1 is 1.00 bits per heavy atom. The highest BCUT2D eigenvalue weighted by Gasteiger charge is 2.46. The van der Waals surface area contributed by atoms with Crippen molar-refractivity contribution in [2.24, 2.45) is 5.92 Å². The molecule has 6 rings (SSSR count). The molecular weight excluding hydrogens is 676 g/mol. The zero-order valence-corrected chi connectivity index (χ0v) is 27.6. The van der Waals surface area contributed by atoms with E-state index in [1.807, 2.05) is 0 Å². The molecule has 0 saturated carbocycles. The number of nitrogens with one attached hydrogen (secondary N) is 2. The number of sulfonamides is 1. The summed E-state index contributed by atoms with van der Waals surface area (Å²) in [5, 5.41) is 5.48. The predicted molar refractivity (Wildman–Crippen MR) is 176 cm³/mol. The van der Waals surface area contributed by atoms with E-state index < -0.39 is 45.4 Å². The van der Waals surface area contributed by atoms with Gasteiger partial charge in [-0.15, -0.1) is 0 Å². The van der Waals surface area contributed by atoms with Crippen LogP contribution in [0.5, 0.6) is 11.5 Å². The quantitative estimate of drug-likeness (QED) is 0.227. The Kier molecular flexibility index (Phi) is 9.72. The summed E-state index contributed by atoms with van der Waals surface area (Å²) in [6.07, 6.45) is 3.14. The van der Waals surface area contributed by atoms with Crippen molar-refractivity contribution in [2.45, 2.75) is 17.4 Å². The summed E-state index contributed by atoms with van der Waals surface area (Å²) >= 11 is 0. The summed E-state index contributed by atoms with van der Waals surface area (Å²) in [6, 6.07) is 13.3. The first-order valence-corrected chi connectivity index (χ1v) is 16.7. The fraction of sp³-hybridized carbons (Fsp3) is 0.242. The number of nitrogens with zero attached hydrogens (tertiary/aromatic N) is 5. The molecule has 0 bridgehead atoms. The average Bonchev–Trinajstić information content (AvgIpc) is 3.62. The SMILES string of the molecule is CN(C)S(=O)(=O)c1ccc(Nc2cc(Oc3ccc(NC(=O)C4CN([C@H]5CCOC5)C(=O)N(c5ccc(F)cc5)C4=O)cc3F)ccn2)nc1. The summed E-state index contributed by atoms with van der Waals surface area (Å²) in [6.45, 7) is 0.435. The van der Waals surface area contributed by atoms with Crippen LogP contribution in [0, 0.1) is 17.6 Å². The Bertz CT molecular complexity index is 2030. The van der Waals surface area contributed by atoms with Crippen molar-refractivity contribution < 1.29 is 41.1 Å². The molecule has 0 radical (unpaired) electrons. The molecule has 4 aromatic rings. The summed E-state index contributed by atoms with van der Waals surface area (Å²) in [5.41, 5.74) is 0.144. The monoisotopic (exact) mass is 707 g/mol. The molecule has 4 amide bonds. The summed E-state index contributed by atoms with van der Waals surface area (Å²) < 4.78 is 65.6. The molecule has 4 heterocycles. The van der Waals surface area contributed by atoms with Gasteiger partial charge < -0.3 is 25.0 Å². The fourth-order valence-corrected chi connectivity index (χ4v) is 6.18. The number of rotatable bonds is 10. The maximum absolute atomic E-state index is 15.2. The highest BCUT2D eigenvalue weighted by Crippen LogP contribution is 2.31. The number of imide groups is 1. The van der Waals surface area contributed by atoms with Crippen molar-refractivity contribution >= 4 is 50.9 Å². The molecule has 0 aliphatic carbocycles. The molecule has 17 heteroatoms. The second-order valence-electron chi connectivity index (χ2n) is 11.6. The predicted octanol–water partition coefficient (Wildman–Crippen LogP) is 4.35. The third kappa shape index (κ3) is 7.24. The van der Waals surface area contributed by atoms with Gasteiger partial charge in [-0.1, -0.05) is 0 Å². The molecule has 2 atom stereocenters. The lowest BCUT2D eigenvalue weighted by atomic mass is 10.0. The fourth-order valence-electron chi connectivity index (χ4n) is 5.34. The number of carbonyl (C=O) groups is 3. The third-order valence-corrected chi connectivity index (χ3v) is 9.81. The molecule has 260 valence electrons. The molecule has 2 aliphatic heterocycles. The number of benzene rings is 2. The molecule has 2 saturated heterocycles. The maximum Gasteiger partial charge on any atom is 0.331 e. The van der Waals surface area contributed by atoms with Gasteiger partial charge in [0.25, 0.3) is 0 Å². The van der Waals surface area contributed by atoms with E-state index in [4.69, 9.17) is 9.47 Å². The minimum absolute atomic E-state index is 0.0155. The Labute approximate surface area is 285 Å². The van der Waals surface area contributed by atoms with Crippen molar-refractivity contribution in [3.05, 3.63) is 90.8 Å². The number of pyridine rings is 2. The van der Waals surface area contributed by atoms with Crippen LogP contribution in [0.3, 0.4) is 0 Å². The molecule has 1 unspecified atom stereocenters. The van der Waals surface area contributed by atoms with Gasteiger partial charge in [0, 0.05) is 57.5 Å². The molecule has 0 spiro atoms. The van der Waals surface area contributed by atoms with E-state index in [9.17, 15) is 27.2 Å². The molecule has 14 nitrogen and oxygen atoms in total. The maximum atomic E-state index is 15.2. The number of hydrogen-bond donors (Lipinski definition) is 2.